The zero-order valence-electron chi connectivity index (χ0n) is 25.9. The summed E-state index contributed by atoms with van der Waals surface area (Å²) in [5, 5.41) is 9.98. The Labute approximate surface area is 286 Å². The van der Waals surface area contributed by atoms with Gasteiger partial charge in [-0.3, -0.25) is 19.2 Å². The van der Waals surface area contributed by atoms with Crippen LogP contribution in [0.15, 0.2) is 131 Å². The van der Waals surface area contributed by atoms with Crippen molar-refractivity contribution in [2.75, 3.05) is 17.2 Å². The molecule has 0 aliphatic rings. The van der Waals surface area contributed by atoms with Crippen molar-refractivity contribution in [3.8, 4) is 0 Å². The highest BCUT2D eigenvalue weighted by molar-refractivity contribution is 8.00. The normalized spacial score (nSPS) is 11.6. The van der Waals surface area contributed by atoms with Crippen LogP contribution >= 0.6 is 23.1 Å². The zero-order chi connectivity index (χ0) is 33.7. The minimum absolute atomic E-state index is 0.0307. The topological polar surface area (TPSA) is 126 Å². The predicted octanol–water partition coefficient (Wildman–Crippen LogP) is 7.13. The molecule has 5 rings (SSSR count). The van der Waals surface area contributed by atoms with Gasteiger partial charge < -0.3 is 20.7 Å². The van der Waals surface area contributed by atoms with Gasteiger partial charge >= 0.3 is 5.97 Å². The molecule has 4 aromatic carbocycles. The van der Waals surface area contributed by atoms with Crippen LogP contribution in [0.2, 0.25) is 0 Å². The van der Waals surface area contributed by atoms with E-state index in [0.717, 1.165) is 16.0 Å². The number of rotatable bonds is 13. The zero-order valence-corrected chi connectivity index (χ0v) is 27.6. The number of carbonyl (C=O) groups excluding carboxylic acids is 4. The lowest BCUT2D eigenvalue weighted by Crippen LogP contribution is -2.30. The Hall–Kier alpha value is -5.52. The molecular formula is C37H32N4O5S2. The van der Waals surface area contributed by atoms with Crippen molar-refractivity contribution in [3.05, 3.63) is 149 Å². The molecule has 48 heavy (non-hydrogen) atoms. The number of hydrogen-bond acceptors (Lipinski definition) is 8. The first-order valence-electron chi connectivity index (χ1n) is 15.0. The van der Waals surface area contributed by atoms with Crippen molar-refractivity contribution in [1.29, 1.82) is 0 Å². The molecule has 9 nitrogen and oxygen atoms in total. The molecule has 3 N–H and O–H groups in total. The third-order valence-electron chi connectivity index (χ3n) is 6.76. The first-order chi connectivity index (χ1) is 23.4. The fourth-order valence-corrected chi connectivity index (χ4v) is 6.22. The fraction of sp³-hybridized carbons (Fsp3) is 0.108. The van der Waals surface area contributed by atoms with E-state index >= 15 is 0 Å². The monoisotopic (exact) mass is 676 g/mol. The number of ether oxygens (including phenoxy) is 1. The molecule has 5 aromatic rings. The smallest absolute Gasteiger partial charge is 0.311 e. The van der Waals surface area contributed by atoms with E-state index in [1.165, 1.54) is 23.1 Å². The van der Waals surface area contributed by atoms with Crippen molar-refractivity contribution in [2.45, 2.75) is 23.5 Å². The Kier molecular flexibility index (Phi) is 11.9. The van der Waals surface area contributed by atoms with Gasteiger partial charge in [-0.2, -0.15) is 0 Å². The minimum atomic E-state index is -0.613. The molecule has 242 valence electrons. The molecule has 0 saturated heterocycles. The highest BCUT2D eigenvalue weighted by atomic mass is 32.2. The van der Waals surface area contributed by atoms with Gasteiger partial charge in [0.15, 0.2) is 5.13 Å². The molecule has 11 heteroatoms. The second kappa shape index (κ2) is 16.9. The fourth-order valence-electron chi connectivity index (χ4n) is 4.49. The van der Waals surface area contributed by atoms with E-state index in [4.69, 9.17) is 4.74 Å². The van der Waals surface area contributed by atoms with Gasteiger partial charge in [-0.05, 0) is 60.5 Å². The maximum absolute atomic E-state index is 13.5. The number of esters is 1. The van der Waals surface area contributed by atoms with Crippen LogP contribution in [0.4, 0.5) is 10.8 Å². The largest absolute Gasteiger partial charge is 0.466 e. The summed E-state index contributed by atoms with van der Waals surface area (Å²) in [5.74, 6) is -1.54. The van der Waals surface area contributed by atoms with Gasteiger partial charge in [0.2, 0.25) is 5.91 Å². The van der Waals surface area contributed by atoms with Crippen molar-refractivity contribution in [1.82, 2.24) is 10.3 Å². The quantitative estimate of drug-likeness (QED) is 0.0688. The standard InChI is InChI=1S/C37H32N4O5S2/c1-2-46-32(42)23-29-24-47-37(39-29)41-36(45)33(26-14-8-4-9-15-26)48-30-20-18-28(19-21-30)38-35(44)31(22-25-12-6-3-7-13-25)40-34(43)27-16-10-5-11-17-27/h3-22,24,33H,2,23H2,1H3,(H,38,44)(H,40,43)(H,39,41,45)/b31-22-. The molecule has 3 amide bonds. The van der Waals surface area contributed by atoms with E-state index in [9.17, 15) is 19.2 Å². The summed E-state index contributed by atoms with van der Waals surface area (Å²) in [5.41, 5.74) is 3.09. The van der Waals surface area contributed by atoms with Crippen LogP contribution in [-0.4, -0.2) is 35.3 Å². The van der Waals surface area contributed by atoms with Crippen LogP contribution in [0, 0.1) is 0 Å². The first kappa shape index (κ1) is 33.8. The van der Waals surface area contributed by atoms with E-state index < -0.39 is 17.1 Å². The van der Waals surface area contributed by atoms with Crippen molar-refractivity contribution < 1.29 is 23.9 Å². The first-order valence-corrected chi connectivity index (χ1v) is 16.8. The second-order valence-corrected chi connectivity index (χ2v) is 12.3. The maximum atomic E-state index is 13.5. The van der Waals surface area contributed by atoms with Crippen molar-refractivity contribution >= 4 is 63.7 Å². The van der Waals surface area contributed by atoms with Gasteiger partial charge in [-0.25, -0.2) is 4.98 Å². The van der Waals surface area contributed by atoms with Crippen LogP contribution in [0.25, 0.3) is 6.08 Å². The lowest BCUT2D eigenvalue weighted by atomic mass is 10.1. The number of anilines is 2. The van der Waals surface area contributed by atoms with E-state index in [1.807, 2.05) is 78.9 Å². The molecule has 1 heterocycles. The van der Waals surface area contributed by atoms with Gasteiger partial charge in [0.1, 0.15) is 10.9 Å². The Morgan fingerprint density at radius 1 is 0.833 bits per heavy atom. The third-order valence-corrected chi connectivity index (χ3v) is 8.83. The molecule has 0 aliphatic carbocycles. The van der Waals surface area contributed by atoms with Gasteiger partial charge in [-0.15, -0.1) is 23.1 Å². The highest BCUT2D eigenvalue weighted by Crippen LogP contribution is 2.37. The Bertz CT molecular complexity index is 1880. The van der Waals surface area contributed by atoms with Gasteiger partial charge in [0, 0.05) is 21.5 Å². The van der Waals surface area contributed by atoms with Gasteiger partial charge in [0.25, 0.3) is 11.8 Å². The predicted molar refractivity (Wildman–Crippen MR) is 190 cm³/mol. The van der Waals surface area contributed by atoms with E-state index in [2.05, 4.69) is 20.9 Å². The van der Waals surface area contributed by atoms with Crippen molar-refractivity contribution in [2.24, 2.45) is 0 Å². The lowest BCUT2D eigenvalue weighted by Gasteiger charge is -2.17. The number of nitrogens with one attached hydrogen (secondary N) is 3. The van der Waals surface area contributed by atoms with Gasteiger partial charge in [-0.1, -0.05) is 78.9 Å². The summed E-state index contributed by atoms with van der Waals surface area (Å²) in [6, 6.07) is 34.4. The number of aromatic nitrogens is 1. The molecular weight excluding hydrogens is 645 g/mol. The Morgan fingerprint density at radius 3 is 2.15 bits per heavy atom. The van der Waals surface area contributed by atoms with Crippen LogP contribution in [0.3, 0.4) is 0 Å². The Morgan fingerprint density at radius 2 is 1.48 bits per heavy atom. The number of thiazole rings is 1. The molecule has 0 aliphatic heterocycles. The van der Waals surface area contributed by atoms with E-state index in [0.29, 0.717) is 22.1 Å². The second-order valence-electron chi connectivity index (χ2n) is 10.3. The summed E-state index contributed by atoms with van der Waals surface area (Å²) in [4.78, 5) is 56.8. The van der Waals surface area contributed by atoms with Crippen LogP contribution in [0.5, 0.6) is 0 Å². The molecule has 1 aromatic heterocycles. The summed E-state index contributed by atoms with van der Waals surface area (Å²) >= 11 is 2.58. The number of hydrogen-bond donors (Lipinski definition) is 3. The molecule has 1 unspecified atom stereocenters. The van der Waals surface area contributed by atoms with Crippen LogP contribution in [0.1, 0.15) is 39.4 Å². The maximum Gasteiger partial charge on any atom is 0.311 e. The molecule has 0 radical (unpaired) electrons. The van der Waals surface area contributed by atoms with Gasteiger partial charge in [0.05, 0.1) is 18.7 Å². The number of carbonyl (C=O) groups is 4. The number of nitrogens with zero attached hydrogens (tertiary/aromatic N) is 1. The highest BCUT2D eigenvalue weighted by Gasteiger charge is 2.24. The molecule has 1 atom stereocenters. The summed E-state index contributed by atoms with van der Waals surface area (Å²) < 4.78 is 4.99. The average molecular weight is 677 g/mol. The molecule has 0 saturated carbocycles. The average Bonchev–Trinajstić information content (AvgIpc) is 3.54. The number of amides is 3. The molecule has 0 fully saturated rings. The summed E-state index contributed by atoms with van der Waals surface area (Å²) in [7, 11) is 0. The van der Waals surface area contributed by atoms with E-state index in [-0.39, 0.29) is 30.6 Å². The van der Waals surface area contributed by atoms with Crippen molar-refractivity contribution in [3.63, 3.8) is 0 Å². The Balaban J connectivity index is 1.28. The summed E-state index contributed by atoms with van der Waals surface area (Å²) in [6.45, 7) is 2.03. The SMILES string of the molecule is CCOC(=O)Cc1csc(NC(=O)C(Sc2ccc(NC(=O)/C(=C/c3ccccc3)NC(=O)c3ccccc3)cc2)c2ccccc2)n1. The molecule has 0 spiro atoms. The third kappa shape index (κ3) is 9.74. The van der Waals surface area contributed by atoms with Crippen LogP contribution in [-0.2, 0) is 25.5 Å². The summed E-state index contributed by atoms with van der Waals surface area (Å²) in [6.07, 6.45) is 1.65. The number of benzene rings is 4. The number of thioether (sulfide) groups is 1. The minimum Gasteiger partial charge on any atom is -0.466 e. The van der Waals surface area contributed by atoms with E-state index in [1.54, 1.807) is 54.8 Å². The molecule has 0 bridgehead atoms. The van der Waals surface area contributed by atoms with Crippen LogP contribution < -0.4 is 16.0 Å². The lowest BCUT2D eigenvalue weighted by molar-refractivity contribution is -0.142.